The molecule has 0 aliphatic heterocycles. The molecule has 10 heteroatoms. The van der Waals surface area contributed by atoms with Crippen LogP contribution in [0.4, 0.5) is 10.5 Å². The lowest BCUT2D eigenvalue weighted by Gasteiger charge is -2.10. The largest absolute Gasteiger partial charge is 0.450 e. The molecule has 0 saturated heterocycles. The highest BCUT2D eigenvalue weighted by molar-refractivity contribution is 14.1. The number of nitrogens with zero attached hydrogens (tertiary/aromatic N) is 2. The molecule has 1 rings (SSSR count). The highest BCUT2D eigenvalue weighted by atomic mass is 127. The minimum Gasteiger partial charge on any atom is -0.450 e. The maximum absolute atomic E-state index is 11.9. The third-order valence-electron chi connectivity index (χ3n) is 2.63. The summed E-state index contributed by atoms with van der Waals surface area (Å²) in [7, 11) is -0.0947. The number of nitrogens with one attached hydrogen (secondary N) is 2. The summed E-state index contributed by atoms with van der Waals surface area (Å²) in [5, 5.41) is 5.83. The molecule has 0 aromatic heterocycles. The predicted molar refractivity (Wildman–Crippen MR) is 108 cm³/mol. The first-order valence-corrected chi connectivity index (χ1v) is 9.31. The number of nitrogens with two attached hydrogens (primary N) is 1. The van der Waals surface area contributed by atoms with E-state index in [-0.39, 0.29) is 12.6 Å². The molecule has 0 fully saturated rings. The van der Waals surface area contributed by atoms with Gasteiger partial charge in [-0.15, -0.1) is 10.6 Å². The number of guanidine groups is 1. The second-order valence-corrected chi connectivity index (χ2v) is 6.65. The van der Waals surface area contributed by atoms with Crippen molar-refractivity contribution in [1.82, 2.24) is 5.32 Å². The van der Waals surface area contributed by atoms with Crippen LogP contribution < -0.4 is 16.4 Å². The number of ether oxygens (including phenoxy) is 1. The number of halogens is 1. The van der Waals surface area contributed by atoms with E-state index in [1.807, 2.05) is 0 Å². The number of benzene rings is 1. The fourth-order valence-corrected chi connectivity index (χ4v) is 2.60. The monoisotopic (exact) mass is 476 g/mol. The van der Waals surface area contributed by atoms with Crippen molar-refractivity contribution in [3.05, 3.63) is 46.3 Å². The zero-order valence-electron chi connectivity index (χ0n) is 13.8. The van der Waals surface area contributed by atoms with E-state index >= 15 is 0 Å². The van der Waals surface area contributed by atoms with Crippen LogP contribution in [0.1, 0.15) is 6.92 Å². The average molecular weight is 476 g/mol. The molecule has 0 heterocycles. The number of anilines is 1. The summed E-state index contributed by atoms with van der Waals surface area (Å²) in [6.45, 7) is 5.49. The molecule has 0 radical (unpaired) electrons. The van der Waals surface area contributed by atoms with Gasteiger partial charge in [0.15, 0.2) is 5.96 Å². The summed E-state index contributed by atoms with van der Waals surface area (Å²) < 4.78 is 20.8. The maximum Gasteiger partial charge on any atom is 0.410 e. The van der Waals surface area contributed by atoms with Crippen molar-refractivity contribution in [2.45, 2.75) is 11.8 Å². The standard InChI is InChI=1S/C15H19IN5O3S/c1-4-12(16)13(18-3)20-14(17)19-10-6-8-11(9-7-10)25(23)21-15(22)24-5-2/h4,6-9,18H,1,5H2,2-3H3,(H3,17,19,20)/q-1/b13-12+. The van der Waals surface area contributed by atoms with Crippen molar-refractivity contribution >= 4 is 50.9 Å². The number of aliphatic imine (C=N–C) groups is 1. The maximum atomic E-state index is 11.9. The van der Waals surface area contributed by atoms with Gasteiger partial charge in [0, 0.05) is 12.7 Å². The first-order chi connectivity index (χ1) is 11.9. The normalized spacial score (nSPS) is 13.6. The summed E-state index contributed by atoms with van der Waals surface area (Å²) in [4.78, 5) is 15.8. The van der Waals surface area contributed by atoms with Crippen LogP contribution in [0.25, 0.3) is 0 Å². The van der Waals surface area contributed by atoms with Gasteiger partial charge in [-0.3, -0.25) is 4.36 Å². The number of hydrogen-bond donors (Lipinski definition) is 3. The number of hydrogen-bond acceptors (Lipinski definition) is 6. The number of rotatable bonds is 6. The van der Waals surface area contributed by atoms with Crippen LogP contribution in [0.15, 0.2) is 60.6 Å². The van der Waals surface area contributed by atoms with E-state index in [9.17, 15) is 9.00 Å². The van der Waals surface area contributed by atoms with E-state index in [0.717, 1.165) is 3.58 Å². The van der Waals surface area contributed by atoms with Crippen LogP contribution in [0.2, 0.25) is 0 Å². The molecule has 25 heavy (non-hydrogen) atoms. The molecule has 0 bridgehead atoms. The van der Waals surface area contributed by atoms with Gasteiger partial charge in [-0.25, -0.2) is 4.79 Å². The lowest BCUT2D eigenvalue weighted by Crippen LogP contribution is -2.24. The van der Waals surface area contributed by atoms with Crippen molar-refractivity contribution in [1.29, 1.82) is 0 Å². The Balaban J connectivity index is 2.88. The highest BCUT2D eigenvalue weighted by Gasteiger charge is 2.00. The Labute approximate surface area is 162 Å². The van der Waals surface area contributed by atoms with Gasteiger partial charge >= 0.3 is 6.09 Å². The Morgan fingerprint density at radius 1 is 1.44 bits per heavy atom. The second kappa shape index (κ2) is 10.7. The first kappa shape index (κ1) is 21.0. The second-order valence-electron chi connectivity index (χ2n) is 4.34. The lowest BCUT2D eigenvalue weighted by atomic mass is 10.3. The zero-order valence-corrected chi connectivity index (χ0v) is 16.8. The quantitative estimate of drug-likeness (QED) is 0.191. The predicted octanol–water partition coefficient (Wildman–Crippen LogP) is 3.09. The van der Waals surface area contributed by atoms with Crippen LogP contribution in [0, 0.1) is 0 Å². The van der Waals surface area contributed by atoms with Gasteiger partial charge in [-0.1, -0.05) is 29.7 Å². The van der Waals surface area contributed by atoms with E-state index in [1.165, 1.54) is 0 Å². The van der Waals surface area contributed by atoms with Gasteiger partial charge in [0.05, 0.1) is 10.2 Å². The van der Waals surface area contributed by atoms with Crippen molar-refractivity contribution in [3.8, 4) is 0 Å². The van der Waals surface area contributed by atoms with Crippen molar-refractivity contribution in [2.75, 3.05) is 19.0 Å². The van der Waals surface area contributed by atoms with Crippen LogP contribution >= 0.6 is 22.6 Å². The molecule has 1 amide bonds. The lowest BCUT2D eigenvalue weighted by molar-refractivity contribution is 0.164. The van der Waals surface area contributed by atoms with Crippen LogP contribution in [-0.4, -0.2) is 25.7 Å². The summed E-state index contributed by atoms with van der Waals surface area (Å²) in [6.07, 6.45) is 0.794. The molecule has 0 aliphatic rings. The fourth-order valence-electron chi connectivity index (χ4n) is 1.55. The number of allylic oxidation sites excluding steroid dienone is 2. The molecule has 0 unspecified atom stereocenters. The van der Waals surface area contributed by atoms with E-state index in [1.54, 1.807) is 44.3 Å². The Hall–Kier alpha value is -2.08. The molecule has 0 spiro atoms. The first-order valence-electron chi connectivity index (χ1n) is 7.12. The van der Waals surface area contributed by atoms with Crippen molar-refractivity contribution in [2.24, 2.45) is 15.1 Å². The number of carbonyl (C=O) groups is 1. The third kappa shape index (κ3) is 7.13. The van der Waals surface area contributed by atoms with Crippen LogP contribution in [0.5, 0.6) is 0 Å². The van der Waals surface area contributed by atoms with Crippen LogP contribution in [0.3, 0.4) is 0 Å². The molecular weight excluding hydrogens is 457 g/mol. The van der Waals surface area contributed by atoms with Gasteiger partial charge in [0.2, 0.25) is 0 Å². The smallest absolute Gasteiger partial charge is 0.410 e. The Kier molecular flexibility index (Phi) is 8.99. The summed E-state index contributed by atoms with van der Waals surface area (Å²) >= 11 is 2.09. The SMILES string of the molecule is C=C/C(I)=C(\N=C(N)Nc1ccc([S-](=O)=NC(=O)OCC)cc1)NC. The average Bonchev–Trinajstić information content (AvgIpc) is 2.59. The fraction of sp³-hybridized carbons (Fsp3) is 0.200. The number of amides is 1. The van der Waals surface area contributed by atoms with Gasteiger partial charge < -0.3 is 25.3 Å². The molecule has 4 N–H and O–H groups in total. The van der Waals surface area contributed by atoms with E-state index in [4.69, 9.17) is 5.73 Å². The van der Waals surface area contributed by atoms with Crippen molar-refractivity contribution < 1.29 is 13.7 Å². The summed E-state index contributed by atoms with van der Waals surface area (Å²) in [6, 6.07) is 6.43. The van der Waals surface area contributed by atoms with Gasteiger partial charge in [0.25, 0.3) is 0 Å². The van der Waals surface area contributed by atoms with Crippen molar-refractivity contribution in [3.63, 3.8) is 0 Å². The highest BCUT2D eigenvalue weighted by Crippen LogP contribution is 2.14. The zero-order chi connectivity index (χ0) is 18.8. The molecule has 1 aromatic carbocycles. The minimum absolute atomic E-state index is 0.172. The molecule has 136 valence electrons. The Morgan fingerprint density at radius 3 is 2.60 bits per heavy atom. The molecule has 0 atom stereocenters. The molecule has 1 aromatic rings. The van der Waals surface area contributed by atoms with Gasteiger partial charge in [-0.05, 0) is 41.6 Å². The Morgan fingerprint density at radius 2 is 2.08 bits per heavy atom. The third-order valence-corrected chi connectivity index (χ3v) is 4.57. The van der Waals surface area contributed by atoms with Crippen LogP contribution in [-0.2, 0) is 19.5 Å². The molecular formula is C15H19IN5O3S-. The topological polar surface area (TPSA) is 118 Å². The van der Waals surface area contributed by atoms with E-state index in [0.29, 0.717) is 16.4 Å². The summed E-state index contributed by atoms with van der Waals surface area (Å²) in [5.41, 5.74) is 6.50. The Bertz CT molecular complexity index is 768. The molecule has 8 nitrogen and oxygen atoms in total. The molecule has 0 aliphatic carbocycles. The minimum atomic E-state index is -1.82. The van der Waals surface area contributed by atoms with E-state index in [2.05, 4.69) is 53.9 Å². The summed E-state index contributed by atoms with van der Waals surface area (Å²) in [5.74, 6) is 0.747. The van der Waals surface area contributed by atoms with Gasteiger partial charge in [-0.2, -0.15) is 4.99 Å². The number of carbonyl (C=O) groups excluding carboxylic acids is 1. The van der Waals surface area contributed by atoms with Gasteiger partial charge in [0.1, 0.15) is 5.82 Å². The molecule has 0 saturated carbocycles. The van der Waals surface area contributed by atoms with E-state index < -0.39 is 16.7 Å².